The minimum absolute atomic E-state index is 0.0537. The second-order valence-corrected chi connectivity index (χ2v) is 10.2. The maximum atomic E-state index is 12.9. The monoisotopic (exact) mass is 474 g/mol. The molecule has 10 nitrogen and oxygen atoms in total. The highest BCUT2D eigenvalue weighted by Gasteiger charge is 2.57. The molecule has 2 aliphatic heterocycles. The number of hydrogen-bond donors (Lipinski definition) is 2. The fraction of sp³-hybridized carbons (Fsp3) is 0.667. The Kier molecular flexibility index (Phi) is 5.07. The molecule has 2 saturated carbocycles. The van der Waals surface area contributed by atoms with Crippen LogP contribution in [0, 0.1) is 47.3 Å². The number of carbonyl (C=O) groups is 4. The Bertz CT molecular complexity index is 908. The third kappa shape index (κ3) is 3.22. The van der Waals surface area contributed by atoms with Crippen molar-refractivity contribution in [2.24, 2.45) is 47.3 Å². The van der Waals surface area contributed by atoms with E-state index in [1.54, 1.807) is 0 Å². The van der Waals surface area contributed by atoms with E-state index in [-0.39, 0.29) is 36.9 Å². The molecule has 4 aliphatic carbocycles. The van der Waals surface area contributed by atoms with Crippen molar-refractivity contribution in [1.82, 2.24) is 0 Å². The number of allylic oxidation sites excluding steroid dienone is 4. The van der Waals surface area contributed by atoms with Crippen LogP contribution in [-0.2, 0) is 38.1 Å². The predicted octanol–water partition coefficient (Wildman–Crippen LogP) is 0.653. The van der Waals surface area contributed by atoms with E-state index in [4.69, 9.17) is 18.9 Å². The first-order valence-electron chi connectivity index (χ1n) is 11.8. The van der Waals surface area contributed by atoms with Crippen LogP contribution in [0.15, 0.2) is 24.3 Å². The van der Waals surface area contributed by atoms with Gasteiger partial charge in [-0.25, -0.2) is 0 Å². The number of carboxylic acids is 2. The summed E-state index contributed by atoms with van der Waals surface area (Å²) in [6.45, 7) is 0.107. The van der Waals surface area contributed by atoms with Gasteiger partial charge in [-0.05, 0) is 36.5 Å². The lowest BCUT2D eigenvalue weighted by Gasteiger charge is -2.26. The van der Waals surface area contributed by atoms with Crippen molar-refractivity contribution in [3.8, 4) is 0 Å². The molecule has 6 aliphatic rings. The smallest absolute Gasteiger partial charge is 0.310 e. The molecule has 4 bridgehead atoms. The molecule has 10 heteroatoms. The third-order valence-electron chi connectivity index (χ3n) is 8.53. The van der Waals surface area contributed by atoms with Crippen LogP contribution in [0.3, 0.4) is 0 Å². The van der Waals surface area contributed by atoms with Crippen molar-refractivity contribution in [2.45, 2.75) is 37.3 Å². The molecule has 0 radical (unpaired) electrons. The maximum absolute atomic E-state index is 12.9. The fourth-order valence-corrected chi connectivity index (χ4v) is 7.05. The molecule has 2 unspecified atom stereocenters. The molecular weight excluding hydrogens is 448 g/mol. The van der Waals surface area contributed by atoms with Crippen LogP contribution >= 0.6 is 0 Å². The number of hydrogen-bond acceptors (Lipinski definition) is 8. The van der Waals surface area contributed by atoms with Crippen LogP contribution in [0.4, 0.5) is 0 Å². The lowest BCUT2D eigenvalue weighted by Crippen LogP contribution is -2.41. The van der Waals surface area contributed by atoms with E-state index < -0.39 is 72.0 Å². The molecule has 182 valence electrons. The summed E-state index contributed by atoms with van der Waals surface area (Å²) >= 11 is 0. The zero-order valence-electron chi connectivity index (χ0n) is 18.2. The number of aliphatic carboxylic acids is 2. The Morgan fingerprint density at radius 1 is 0.618 bits per heavy atom. The van der Waals surface area contributed by atoms with Crippen molar-refractivity contribution >= 4 is 23.9 Å². The van der Waals surface area contributed by atoms with Crippen LogP contribution in [-0.4, -0.2) is 71.7 Å². The van der Waals surface area contributed by atoms with Gasteiger partial charge in [0.25, 0.3) is 0 Å². The molecule has 0 amide bonds. The lowest BCUT2D eigenvalue weighted by atomic mass is 9.83. The van der Waals surface area contributed by atoms with E-state index in [1.807, 2.05) is 24.3 Å². The summed E-state index contributed by atoms with van der Waals surface area (Å²) in [7, 11) is 0. The van der Waals surface area contributed by atoms with Gasteiger partial charge in [0, 0.05) is 0 Å². The number of carboxylic acid groups (broad SMARTS) is 2. The molecule has 2 N–H and O–H groups in total. The summed E-state index contributed by atoms with van der Waals surface area (Å²) in [4.78, 5) is 49.3. The number of esters is 2. The van der Waals surface area contributed by atoms with Gasteiger partial charge < -0.3 is 29.2 Å². The summed E-state index contributed by atoms with van der Waals surface area (Å²) < 4.78 is 22.9. The van der Waals surface area contributed by atoms with Gasteiger partial charge in [-0.2, -0.15) is 0 Å². The number of rotatable bonds is 6. The van der Waals surface area contributed by atoms with E-state index in [0.717, 1.165) is 0 Å². The molecule has 12 atom stereocenters. The van der Waals surface area contributed by atoms with Gasteiger partial charge in [0.2, 0.25) is 0 Å². The topological polar surface area (TPSA) is 146 Å². The van der Waals surface area contributed by atoms with Gasteiger partial charge >= 0.3 is 23.9 Å². The largest absolute Gasteiger partial charge is 0.481 e. The average molecular weight is 474 g/mol. The van der Waals surface area contributed by atoms with Crippen LogP contribution in [0.25, 0.3) is 0 Å². The number of ether oxygens (including phenoxy) is 4. The fourth-order valence-electron chi connectivity index (χ4n) is 7.05. The standard InChI is InChI=1S/C24H26O10/c25-21(26)15-9-1-3-11(5-9)17(15)23(29)33-13-7-31-20-14(8-32-19(13)20)34-24(30)18-12-4-2-10(6-12)16(18)22(27)28/h1-4,9-20H,5-8H2,(H,25,26)(H,27,28)/t9-,10-,11+,12+,13-,14+,15-,16-,17+,18+,19?,20?/m1/s1. The Labute approximate surface area is 194 Å². The molecule has 4 fully saturated rings. The molecule has 0 aromatic carbocycles. The van der Waals surface area contributed by atoms with E-state index in [1.165, 1.54) is 0 Å². The first kappa shape index (κ1) is 21.8. The first-order valence-corrected chi connectivity index (χ1v) is 11.8. The highest BCUT2D eigenvalue weighted by Crippen LogP contribution is 2.50. The minimum atomic E-state index is -1.00. The van der Waals surface area contributed by atoms with E-state index in [2.05, 4.69) is 0 Å². The van der Waals surface area contributed by atoms with Crippen molar-refractivity contribution in [1.29, 1.82) is 0 Å². The van der Waals surface area contributed by atoms with Crippen LogP contribution in [0.1, 0.15) is 12.8 Å². The number of fused-ring (bicyclic) bond motifs is 5. The van der Waals surface area contributed by atoms with E-state index in [9.17, 15) is 29.4 Å². The van der Waals surface area contributed by atoms with Gasteiger partial charge in [0.1, 0.15) is 12.2 Å². The normalized spacial score (nSPS) is 47.2. The molecule has 2 saturated heterocycles. The summed E-state index contributed by atoms with van der Waals surface area (Å²) in [6.07, 6.45) is 6.06. The van der Waals surface area contributed by atoms with E-state index >= 15 is 0 Å². The third-order valence-corrected chi connectivity index (χ3v) is 8.53. The Morgan fingerprint density at radius 3 is 1.32 bits per heavy atom. The summed E-state index contributed by atoms with van der Waals surface area (Å²) in [5, 5.41) is 19.2. The van der Waals surface area contributed by atoms with Crippen molar-refractivity contribution < 1.29 is 48.3 Å². The summed E-state index contributed by atoms with van der Waals surface area (Å²) in [5.41, 5.74) is 0. The first-order chi connectivity index (χ1) is 16.3. The zero-order valence-corrected chi connectivity index (χ0v) is 18.2. The van der Waals surface area contributed by atoms with E-state index in [0.29, 0.717) is 12.8 Å². The highest BCUT2D eigenvalue weighted by atomic mass is 16.7. The molecule has 6 rings (SSSR count). The summed E-state index contributed by atoms with van der Waals surface area (Å²) in [5.74, 6) is -6.81. The van der Waals surface area contributed by atoms with Crippen LogP contribution < -0.4 is 0 Å². The average Bonchev–Trinajstić information content (AvgIpc) is 3.61. The van der Waals surface area contributed by atoms with Gasteiger partial charge in [-0.3, -0.25) is 19.2 Å². The minimum Gasteiger partial charge on any atom is -0.481 e. The van der Waals surface area contributed by atoms with Crippen LogP contribution in [0.2, 0.25) is 0 Å². The van der Waals surface area contributed by atoms with Gasteiger partial charge in [-0.1, -0.05) is 24.3 Å². The molecule has 0 aromatic heterocycles. The maximum Gasteiger partial charge on any atom is 0.310 e. The van der Waals surface area contributed by atoms with Gasteiger partial charge in [0.05, 0.1) is 36.9 Å². The molecule has 2 heterocycles. The quantitative estimate of drug-likeness (QED) is 0.416. The Hall–Kier alpha value is -2.72. The van der Waals surface area contributed by atoms with Gasteiger partial charge in [-0.15, -0.1) is 0 Å². The Balaban J connectivity index is 1.09. The SMILES string of the molecule is O=C(O[C@H]1COC2C1OC[C@H]2OC(=O)[C@@H]1[C@H](C(=O)O)[C@@H]2C=C[C@H]1C2)[C@@H]1[C@H](C(=O)O)[C@@H]2C=C[C@H]1C2. The molecule has 0 spiro atoms. The zero-order chi connectivity index (χ0) is 23.7. The lowest BCUT2D eigenvalue weighted by molar-refractivity contribution is -0.167. The second kappa shape index (κ2) is 7.91. The summed E-state index contributed by atoms with van der Waals surface area (Å²) in [6, 6.07) is 0. The molecule has 34 heavy (non-hydrogen) atoms. The van der Waals surface area contributed by atoms with Crippen molar-refractivity contribution in [3.63, 3.8) is 0 Å². The van der Waals surface area contributed by atoms with Crippen molar-refractivity contribution in [2.75, 3.05) is 13.2 Å². The second-order valence-electron chi connectivity index (χ2n) is 10.2. The van der Waals surface area contributed by atoms with Crippen LogP contribution in [0.5, 0.6) is 0 Å². The Morgan fingerprint density at radius 2 is 0.971 bits per heavy atom. The molecular formula is C24H26O10. The van der Waals surface area contributed by atoms with Gasteiger partial charge in [0.15, 0.2) is 12.2 Å². The predicted molar refractivity (Wildman–Crippen MR) is 110 cm³/mol. The van der Waals surface area contributed by atoms with Crippen molar-refractivity contribution in [3.05, 3.63) is 24.3 Å². The molecule has 0 aromatic rings. The highest BCUT2D eigenvalue weighted by molar-refractivity contribution is 5.84. The number of carbonyl (C=O) groups excluding carboxylic acids is 2.